The van der Waals surface area contributed by atoms with Crippen molar-refractivity contribution < 1.29 is 9.15 Å². The van der Waals surface area contributed by atoms with E-state index in [1.54, 1.807) is 14.0 Å². The number of nitrogens with two attached hydrogens (primary N) is 1. The van der Waals surface area contributed by atoms with Crippen LogP contribution in [0.2, 0.25) is 0 Å². The summed E-state index contributed by atoms with van der Waals surface area (Å²) in [6, 6.07) is 7.63. The zero-order valence-electron chi connectivity index (χ0n) is 10.3. The van der Waals surface area contributed by atoms with Crippen molar-refractivity contribution in [2.45, 2.75) is 18.2 Å². The highest BCUT2D eigenvalue weighted by molar-refractivity contribution is 7.99. The summed E-state index contributed by atoms with van der Waals surface area (Å²) in [4.78, 5) is 0. The van der Waals surface area contributed by atoms with Gasteiger partial charge in [0, 0.05) is 18.7 Å². The van der Waals surface area contributed by atoms with Crippen molar-refractivity contribution in [3.8, 4) is 5.75 Å². The first-order chi connectivity index (χ1) is 8.69. The van der Waals surface area contributed by atoms with E-state index in [9.17, 15) is 0 Å². The van der Waals surface area contributed by atoms with Gasteiger partial charge in [-0.2, -0.15) is 0 Å². The van der Waals surface area contributed by atoms with Gasteiger partial charge < -0.3 is 14.9 Å². The van der Waals surface area contributed by atoms with Gasteiger partial charge in [-0.3, -0.25) is 0 Å². The van der Waals surface area contributed by atoms with Gasteiger partial charge in [0.1, 0.15) is 5.75 Å². The standard InChI is InChI=1S/C12H15N3O2S/c1-8-14-15-12(17-8)18-7-11(13)9-4-3-5-10(6-9)16-2/h3-6,11H,7,13H2,1-2H3. The molecular formula is C12H15N3O2S. The van der Waals surface area contributed by atoms with Gasteiger partial charge in [0.05, 0.1) is 7.11 Å². The molecule has 0 spiro atoms. The van der Waals surface area contributed by atoms with E-state index in [0.29, 0.717) is 16.9 Å². The highest BCUT2D eigenvalue weighted by Crippen LogP contribution is 2.24. The molecule has 2 aromatic rings. The largest absolute Gasteiger partial charge is 0.497 e. The summed E-state index contributed by atoms with van der Waals surface area (Å²) in [6.45, 7) is 1.76. The van der Waals surface area contributed by atoms with Crippen molar-refractivity contribution in [3.05, 3.63) is 35.7 Å². The fourth-order valence-electron chi connectivity index (χ4n) is 1.47. The molecule has 0 radical (unpaired) electrons. The summed E-state index contributed by atoms with van der Waals surface area (Å²) in [7, 11) is 1.64. The van der Waals surface area contributed by atoms with E-state index < -0.39 is 0 Å². The average Bonchev–Trinajstić information content (AvgIpc) is 2.82. The summed E-state index contributed by atoms with van der Waals surface area (Å²) in [6.07, 6.45) is 0. The van der Waals surface area contributed by atoms with Gasteiger partial charge in [-0.15, -0.1) is 10.2 Å². The molecule has 18 heavy (non-hydrogen) atoms. The number of methoxy groups -OCH3 is 1. The quantitative estimate of drug-likeness (QED) is 0.835. The Morgan fingerprint density at radius 3 is 2.94 bits per heavy atom. The van der Waals surface area contributed by atoms with E-state index in [-0.39, 0.29) is 6.04 Å². The number of benzene rings is 1. The van der Waals surface area contributed by atoms with E-state index >= 15 is 0 Å². The zero-order chi connectivity index (χ0) is 13.0. The smallest absolute Gasteiger partial charge is 0.276 e. The SMILES string of the molecule is COc1cccc(C(N)CSc2nnc(C)o2)c1. The second kappa shape index (κ2) is 5.88. The summed E-state index contributed by atoms with van der Waals surface area (Å²) >= 11 is 1.45. The molecule has 6 heteroatoms. The third kappa shape index (κ3) is 3.24. The molecule has 2 N–H and O–H groups in total. The van der Waals surface area contributed by atoms with Crippen LogP contribution in [0.3, 0.4) is 0 Å². The number of aryl methyl sites for hydroxylation is 1. The maximum atomic E-state index is 6.11. The predicted octanol–water partition coefficient (Wildman–Crippen LogP) is 2.18. The predicted molar refractivity (Wildman–Crippen MR) is 69.7 cm³/mol. The van der Waals surface area contributed by atoms with Crippen LogP contribution in [0.15, 0.2) is 33.9 Å². The molecule has 0 bridgehead atoms. The third-order valence-electron chi connectivity index (χ3n) is 2.42. The van der Waals surface area contributed by atoms with Crippen molar-refractivity contribution in [1.82, 2.24) is 10.2 Å². The van der Waals surface area contributed by atoms with Crippen LogP contribution in [-0.4, -0.2) is 23.1 Å². The first kappa shape index (κ1) is 12.9. The van der Waals surface area contributed by atoms with Gasteiger partial charge in [0.25, 0.3) is 5.22 Å². The fourth-order valence-corrected chi connectivity index (χ4v) is 2.26. The minimum atomic E-state index is -0.0997. The number of hydrogen-bond donors (Lipinski definition) is 1. The molecule has 0 saturated carbocycles. The highest BCUT2D eigenvalue weighted by atomic mass is 32.2. The molecule has 0 amide bonds. The Bertz CT molecular complexity index is 516. The number of thioether (sulfide) groups is 1. The van der Waals surface area contributed by atoms with E-state index in [2.05, 4.69) is 10.2 Å². The molecular weight excluding hydrogens is 250 g/mol. The van der Waals surface area contributed by atoms with E-state index in [4.69, 9.17) is 14.9 Å². The molecule has 1 aromatic heterocycles. The van der Waals surface area contributed by atoms with Gasteiger partial charge in [0.2, 0.25) is 5.89 Å². The molecule has 0 fully saturated rings. The van der Waals surface area contributed by atoms with Crippen molar-refractivity contribution in [2.24, 2.45) is 5.73 Å². The van der Waals surface area contributed by atoms with Crippen LogP contribution in [0.5, 0.6) is 5.75 Å². The molecule has 1 heterocycles. The second-order valence-corrected chi connectivity index (χ2v) is 4.75. The Kier molecular flexibility index (Phi) is 4.22. The van der Waals surface area contributed by atoms with Crippen molar-refractivity contribution >= 4 is 11.8 Å². The Morgan fingerprint density at radius 2 is 2.28 bits per heavy atom. The van der Waals surface area contributed by atoms with Crippen LogP contribution in [0, 0.1) is 6.92 Å². The van der Waals surface area contributed by atoms with Crippen LogP contribution in [0.1, 0.15) is 17.5 Å². The summed E-state index contributed by atoms with van der Waals surface area (Å²) in [5, 5.41) is 8.22. The molecule has 96 valence electrons. The Morgan fingerprint density at radius 1 is 1.44 bits per heavy atom. The van der Waals surface area contributed by atoms with Crippen molar-refractivity contribution in [3.63, 3.8) is 0 Å². The molecule has 0 aliphatic carbocycles. The van der Waals surface area contributed by atoms with Gasteiger partial charge in [0.15, 0.2) is 0 Å². The van der Waals surface area contributed by atoms with Gasteiger partial charge >= 0.3 is 0 Å². The maximum Gasteiger partial charge on any atom is 0.276 e. The lowest BCUT2D eigenvalue weighted by atomic mass is 10.1. The summed E-state index contributed by atoms with van der Waals surface area (Å²) in [5.74, 6) is 2.04. The molecule has 1 atom stereocenters. The molecule has 1 unspecified atom stereocenters. The molecule has 2 rings (SSSR count). The topological polar surface area (TPSA) is 74.2 Å². The van der Waals surface area contributed by atoms with Crippen LogP contribution >= 0.6 is 11.8 Å². The van der Waals surface area contributed by atoms with E-state index in [0.717, 1.165) is 11.3 Å². The first-order valence-corrected chi connectivity index (χ1v) is 6.50. The Hall–Kier alpha value is -1.53. The monoisotopic (exact) mass is 265 g/mol. The fraction of sp³-hybridized carbons (Fsp3) is 0.333. The maximum absolute atomic E-state index is 6.11. The Labute approximate surface area is 110 Å². The van der Waals surface area contributed by atoms with Crippen molar-refractivity contribution in [2.75, 3.05) is 12.9 Å². The molecule has 0 aliphatic heterocycles. The van der Waals surface area contributed by atoms with Crippen molar-refractivity contribution in [1.29, 1.82) is 0 Å². The lowest BCUT2D eigenvalue weighted by Crippen LogP contribution is -2.12. The third-order valence-corrected chi connectivity index (χ3v) is 3.35. The minimum absolute atomic E-state index is 0.0997. The zero-order valence-corrected chi connectivity index (χ0v) is 11.1. The van der Waals surface area contributed by atoms with E-state index in [1.807, 2.05) is 24.3 Å². The second-order valence-electron chi connectivity index (χ2n) is 3.78. The lowest BCUT2D eigenvalue weighted by Gasteiger charge is -2.11. The normalized spacial score (nSPS) is 12.4. The number of ether oxygens (including phenoxy) is 1. The number of hydrogen-bond acceptors (Lipinski definition) is 6. The van der Waals surface area contributed by atoms with Gasteiger partial charge in [-0.1, -0.05) is 23.9 Å². The minimum Gasteiger partial charge on any atom is -0.497 e. The average molecular weight is 265 g/mol. The molecule has 0 aliphatic rings. The highest BCUT2D eigenvalue weighted by Gasteiger charge is 2.10. The lowest BCUT2D eigenvalue weighted by molar-refractivity contribution is 0.414. The van der Waals surface area contributed by atoms with E-state index in [1.165, 1.54) is 11.8 Å². The number of aromatic nitrogens is 2. The first-order valence-electron chi connectivity index (χ1n) is 5.51. The van der Waals surface area contributed by atoms with Crippen LogP contribution in [0.4, 0.5) is 0 Å². The molecule has 0 saturated heterocycles. The van der Waals surface area contributed by atoms with Gasteiger partial charge in [-0.05, 0) is 17.7 Å². The van der Waals surface area contributed by atoms with Crippen LogP contribution in [0.25, 0.3) is 0 Å². The van der Waals surface area contributed by atoms with Gasteiger partial charge in [-0.25, -0.2) is 0 Å². The van der Waals surface area contributed by atoms with Crippen LogP contribution < -0.4 is 10.5 Å². The summed E-state index contributed by atoms with van der Waals surface area (Å²) in [5.41, 5.74) is 7.13. The summed E-state index contributed by atoms with van der Waals surface area (Å²) < 4.78 is 10.4. The number of nitrogens with zero attached hydrogens (tertiary/aromatic N) is 2. The molecule has 1 aromatic carbocycles. The molecule has 5 nitrogen and oxygen atoms in total. The number of rotatable bonds is 5. The van der Waals surface area contributed by atoms with Crippen LogP contribution in [-0.2, 0) is 0 Å². The Balaban J connectivity index is 1.96.